The molecule has 0 amide bonds. The molecule has 2 heterocycles. The Kier molecular flexibility index (Phi) is 4.39. The van der Waals surface area contributed by atoms with Gasteiger partial charge < -0.3 is 10.1 Å². The van der Waals surface area contributed by atoms with Crippen LogP contribution in [0.15, 0.2) is 12.1 Å². The molecule has 2 rings (SSSR count). The van der Waals surface area contributed by atoms with Gasteiger partial charge in [-0.25, -0.2) is 4.98 Å². The zero-order valence-electron chi connectivity index (χ0n) is 12.8. The van der Waals surface area contributed by atoms with Crippen LogP contribution in [-0.4, -0.2) is 21.3 Å². The first-order valence-electron chi connectivity index (χ1n) is 6.87. The number of aromatic nitrogens is 3. The van der Waals surface area contributed by atoms with E-state index in [2.05, 4.69) is 28.4 Å². The molecule has 2 aromatic rings. The topological polar surface area (TPSA) is 52.0 Å². The molecular weight excluding hydrogens is 252 g/mol. The molecule has 2 aromatic heterocycles. The first kappa shape index (κ1) is 14.5. The molecule has 5 nitrogen and oxygen atoms in total. The van der Waals surface area contributed by atoms with E-state index < -0.39 is 0 Å². The van der Waals surface area contributed by atoms with Gasteiger partial charge in [0.1, 0.15) is 5.69 Å². The van der Waals surface area contributed by atoms with Crippen molar-refractivity contribution < 1.29 is 4.74 Å². The summed E-state index contributed by atoms with van der Waals surface area (Å²) in [6.45, 7) is 9.76. The van der Waals surface area contributed by atoms with Gasteiger partial charge in [-0.15, -0.1) is 0 Å². The molecule has 20 heavy (non-hydrogen) atoms. The Morgan fingerprint density at radius 3 is 2.60 bits per heavy atom. The maximum Gasteiger partial charge on any atom is 0.219 e. The Morgan fingerprint density at radius 1 is 1.25 bits per heavy atom. The monoisotopic (exact) mass is 274 g/mol. The summed E-state index contributed by atoms with van der Waals surface area (Å²) in [5.41, 5.74) is 4.00. The molecule has 0 spiro atoms. The van der Waals surface area contributed by atoms with Crippen molar-refractivity contribution in [3.05, 3.63) is 34.8 Å². The molecule has 0 aromatic carbocycles. The number of rotatable bonds is 5. The van der Waals surface area contributed by atoms with Crippen LogP contribution >= 0.6 is 0 Å². The highest BCUT2D eigenvalue weighted by molar-refractivity contribution is 5.36. The van der Waals surface area contributed by atoms with Crippen LogP contribution in [0.5, 0.6) is 11.6 Å². The highest BCUT2D eigenvalue weighted by atomic mass is 16.5. The number of hydrogen-bond acceptors (Lipinski definition) is 4. The average Bonchev–Trinajstić information content (AvgIpc) is 2.62. The first-order chi connectivity index (χ1) is 9.51. The molecule has 0 bridgehead atoms. The summed E-state index contributed by atoms with van der Waals surface area (Å²) in [7, 11) is 1.91. The van der Waals surface area contributed by atoms with E-state index in [4.69, 9.17) is 4.74 Å². The molecule has 108 valence electrons. The van der Waals surface area contributed by atoms with Gasteiger partial charge in [-0.1, -0.05) is 6.92 Å². The lowest BCUT2D eigenvalue weighted by Gasteiger charge is -2.09. The van der Waals surface area contributed by atoms with Crippen molar-refractivity contribution in [1.82, 2.24) is 20.1 Å². The number of nitrogens with zero attached hydrogens (tertiary/aromatic N) is 3. The second kappa shape index (κ2) is 6.05. The van der Waals surface area contributed by atoms with Crippen LogP contribution in [0.4, 0.5) is 0 Å². The summed E-state index contributed by atoms with van der Waals surface area (Å²) in [5.74, 6) is 1.41. The maximum atomic E-state index is 5.94. The summed E-state index contributed by atoms with van der Waals surface area (Å²) in [6.07, 6.45) is 0. The lowest BCUT2D eigenvalue weighted by Crippen LogP contribution is -2.12. The zero-order chi connectivity index (χ0) is 14.7. The van der Waals surface area contributed by atoms with Gasteiger partial charge in [0.15, 0.2) is 5.75 Å². The smallest absolute Gasteiger partial charge is 0.219 e. The molecule has 0 aliphatic carbocycles. The third-order valence-corrected chi connectivity index (χ3v) is 3.22. The highest BCUT2D eigenvalue weighted by Crippen LogP contribution is 2.27. The molecule has 5 heteroatoms. The third-order valence-electron chi connectivity index (χ3n) is 3.22. The van der Waals surface area contributed by atoms with Gasteiger partial charge in [0.05, 0.1) is 5.69 Å². The fourth-order valence-corrected chi connectivity index (χ4v) is 2.14. The summed E-state index contributed by atoms with van der Waals surface area (Å²) >= 11 is 0. The predicted molar refractivity (Wildman–Crippen MR) is 79.1 cm³/mol. The van der Waals surface area contributed by atoms with Gasteiger partial charge in [-0.2, -0.15) is 5.10 Å². The van der Waals surface area contributed by atoms with Crippen molar-refractivity contribution in [3.63, 3.8) is 0 Å². The van der Waals surface area contributed by atoms with Crippen LogP contribution in [0, 0.1) is 20.8 Å². The fraction of sp³-hybridized carbons (Fsp3) is 0.467. The molecule has 0 aliphatic rings. The summed E-state index contributed by atoms with van der Waals surface area (Å²) < 4.78 is 7.76. The van der Waals surface area contributed by atoms with Gasteiger partial charge in [-0.05, 0) is 38.9 Å². The lowest BCUT2D eigenvalue weighted by atomic mass is 10.2. The molecule has 0 saturated carbocycles. The van der Waals surface area contributed by atoms with E-state index >= 15 is 0 Å². The van der Waals surface area contributed by atoms with E-state index in [0.717, 1.165) is 35.9 Å². The van der Waals surface area contributed by atoms with Gasteiger partial charge >= 0.3 is 0 Å². The largest absolute Gasteiger partial charge is 0.435 e. The Labute approximate surface area is 120 Å². The SMILES string of the molecule is CCNCc1cc(C)nc(Oc2c(C)nn(C)c2C)c1. The summed E-state index contributed by atoms with van der Waals surface area (Å²) in [6, 6.07) is 4.04. The quantitative estimate of drug-likeness (QED) is 0.910. The van der Waals surface area contributed by atoms with E-state index in [1.165, 1.54) is 5.56 Å². The van der Waals surface area contributed by atoms with Crippen molar-refractivity contribution in [2.24, 2.45) is 7.05 Å². The van der Waals surface area contributed by atoms with Crippen molar-refractivity contribution in [2.45, 2.75) is 34.2 Å². The Balaban J connectivity index is 2.26. The van der Waals surface area contributed by atoms with Crippen LogP contribution < -0.4 is 10.1 Å². The van der Waals surface area contributed by atoms with Gasteiger partial charge in [-0.3, -0.25) is 4.68 Å². The van der Waals surface area contributed by atoms with E-state index in [1.54, 1.807) is 0 Å². The Hall–Kier alpha value is -1.88. The van der Waals surface area contributed by atoms with Crippen molar-refractivity contribution in [3.8, 4) is 11.6 Å². The minimum absolute atomic E-state index is 0.622. The van der Waals surface area contributed by atoms with E-state index in [0.29, 0.717) is 5.88 Å². The Morgan fingerprint density at radius 2 is 2.00 bits per heavy atom. The minimum Gasteiger partial charge on any atom is -0.435 e. The van der Waals surface area contributed by atoms with Crippen molar-refractivity contribution >= 4 is 0 Å². The Bertz CT molecular complexity index is 604. The first-order valence-corrected chi connectivity index (χ1v) is 6.87. The van der Waals surface area contributed by atoms with Crippen LogP contribution in [0.1, 0.15) is 29.6 Å². The molecule has 0 radical (unpaired) electrons. The number of pyridine rings is 1. The number of ether oxygens (including phenoxy) is 1. The van der Waals surface area contributed by atoms with E-state index in [1.807, 2.05) is 38.6 Å². The standard InChI is InChI=1S/C15H22N4O/c1-6-16-9-13-7-10(2)17-14(8-13)20-15-11(3)18-19(5)12(15)4/h7-8,16H,6,9H2,1-5H3. The van der Waals surface area contributed by atoms with Crippen molar-refractivity contribution in [2.75, 3.05) is 6.54 Å². The maximum absolute atomic E-state index is 5.94. The van der Waals surface area contributed by atoms with Crippen LogP contribution in [-0.2, 0) is 13.6 Å². The van der Waals surface area contributed by atoms with Crippen LogP contribution in [0.2, 0.25) is 0 Å². The fourth-order valence-electron chi connectivity index (χ4n) is 2.14. The zero-order valence-corrected chi connectivity index (χ0v) is 12.8. The van der Waals surface area contributed by atoms with E-state index in [9.17, 15) is 0 Å². The average molecular weight is 274 g/mol. The third kappa shape index (κ3) is 3.17. The van der Waals surface area contributed by atoms with Crippen LogP contribution in [0.3, 0.4) is 0 Å². The van der Waals surface area contributed by atoms with Gasteiger partial charge in [0.25, 0.3) is 0 Å². The second-order valence-corrected chi connectivity index (χ2v) is 4.96. The normalized spacial score (nSPS) is 10.8. The second-order valence-electron chi connectivity index (χ2n) is 4.96. The number of hydrogen-bond donors (Lipinski definition) is 1. The summed E-state index contributed by atoms with van der Waals surface area (Å²) in [5, 5.41) is 7.66. The van der Waals surface area contributed by atoms with E-state index in [-0.39, 0.29) is 0 Å². The van der Waals surface area contributed by atoms with Crippen molar-refractivity contribution in [1.29, 1.82) is 0 Å². The summed E-state index contributed by atoms with van der Waals surface area (Å²) in [4.78, 5) is 4.44. The number of nitrogens with one attached hydrogen (secondary N) is 1. The molecule has 0 aliphatic heterocycles. The van der Waals surface area contributed by atoms with Gasteiger partial charge in [0.2, 0.25) is 5.88 Å². The predicted octanol–water partition coefficient (Wildman–Crippen LogP) is 2.64. The van der Waals surface area contributed by atoms with Gasteiger partial charge in [0, 0.05) is 25.4 Å². The minimum atomic E-state index is 0.622. The lowest BCUT2D eigenvalue weighted by molar-refractivity contribution is 0.452. The molecule has 0 saturated heterocycles. The van der Waals surface area contributed by atoms with Crippen LogP contribution in [0.25, 0.3) is 0 Å². The molecule has 0 unspecified atom stereocenters. The molecular formula is C15H22N4O. The molecule has 0 atom stereocenters. The highest BCUT2D eigenvalue weighted by Gasteiger charge is 2.13. The molecule has 1 N–H and O–H groups in total. The number of aryl methyl sites for hydroxylation is 3. The molecule has 0 fully saturated rings.